The van der Waals surface area contributed by atoms with E-state index in [0.29, 0.717) is 24.5 Å². The van der Waals surface area contributed by atoms with Crippen molar-refractivity contribution in [1.82, 2.24) is 4.31 Å². The van der Waals surface area contributed by atoms with Crippen LogP contribution in [0.1, 0.15) is 12.8 Å². The lowest BCUT2D eigenvalue weighted by Crippen LogP contribution is -2.41. The van der Waals surface area contributed by atoms with E-state index in [0.717, 1.165) is 24.0 Å². The molecule has 2 N–H and O–H groups in total. The van der Waals surface area contributed by atoms with E-state index in [-0.39, 0.29) is 18.3 Å². The molecule has 2 aromatic rings. The molecule has 1 aliphatic rings. The lowest BCUT2D eigenvalue weighted by molar-refractivity contribution is 0.271. The summed E-state index contributed by atoms with van der Waals surface area (Å²) in [7, 11) is -3.46. The van der Waals surface area contributed by atoms with Crippen molar-refractivity contribution in [3.8, 4) is 11.1 Å². The largest absolute Gasteiger partial charge is 0.330 e. The maximum absolute atomic E-state index is 12.9. The zero-order chi connectivity index (χ0) is 16.3. The molecule has 130 valence electrons. The van der Waals surface area contributed by atoms with Crippen LogP contribution in [-0.2, 0) is 10.0 Å². The van der Waals surface area contributed by atoms with Crippen LogP contribution >= 0.6 is 12.4 Å². The summed E-state index contributed by atoms with van der Waals surface area (Å²) in [5.74, 6) is 0.260. The SMILES string of the molecule is Cl.NCC1CCCN(S(=O)(=O)c2cccc(-c3ccccc3)c2)C1. The number of nitrogens with zero attached hydrogens (tertiary/aromatic N) is 1. The standard InChI is InChI=1S/C18H22N2O2S.ClH/c19-13-15-6-5-11-20(14-15)23(21,22)18-10-4-9-17(12-18)16-7-2-1-3-8-16;/h1-4,7-10,12,15H,5-6,11,13-14,19H2;1H. The van der Waals surface area contributed by atoms with Gasteiger partial charge >= 0.3 is 0 Å². The van der Waals surface area contributed by atoms with E-state index in [2.05, 4.69) is 0 Å². The highest BCUT2D eigenvalue weighted by molar-refractivity contribution is 7.89. The zero-order valence-corrected chi connectivity index (χ0v) is 15.1. The molecule has 0 bridgehead atoms. The first-order chi connectivity index (χ1) is 11.1. The molecule has 0 amide bonds. The van der Waals surface area contributed by atoms with Crippen LogP contribution in [0.3, 0.4) is 0 Å². The van der Waals surface area contributed by atoms with Gasteiger partial charge in [0.05, 0.1) is 4.90 Å². The molecule has 0 radical (unpaired) electrons. The van der Waals surface area contributed by atoms with Gasteiger partial charge in [-0.05, 0) is 48.6 Å². The number of sulfonamides is 1. The summed E-state index contributed by atoms with van der Waals surface area (Å²) in [6.07, 6.45) is 1.88. The van der Waals surface area contributed by atoms with E-state index in [9.17, 15) is 8.42 Å². The lowest BCUT2D eigenvalue weighted by Gasteiger charge is -2.31. The Morgan fingerprint density at radius 3 is 2.46 bits per heavy atom. The number of nitrogens with two attached hydrogens (primary N) is 1. The van der Waals surface area contributed by atoms with Gasteiger partial charge in [0.25, 0.3) is 0 Å². The van der Waals surface area contributed by atoms with Gasteiger partial charge in [-0.1, -0.05) is 42.5 Å². The molecule has 3 rings (SSSR count). The average Bonchev–Trinajstić information content (AvgIpc) is 2.62. The van der Waals surface area contributed by atoms with Crippen LogP contribution < -0.4 is 5.73 Å². The first-order valence-corrected chi connectivity index (χ1v) is 9.41. The van der Waals surface area contributed by atoms with Crippen LogP contribution in [0.25, 0.3) is 11.1 Å². The third-order valence-electron chi connectivity index (χ3n) is 4.39. The summed E-state index contributed by atoms with van der Waals surface area (Å²) in [5, 5.41) is 0. The number of hydrogen-bond donors (Lipinski definition) is 1. The third kappa shape index (κ3) is 3.98. The maximum Gasteiger partial charge on any atom is 0.243 e. The minimum Gasteiger partial charge on any atom is -0.330 e. The normalized spacial score (nSPS) is 18.8. The van der Waals surface area contributed by atoms with Gasteiger partial charge in [-0.2, -0.15) is 4.31 Å². The number of hydrogen-bond acceptors (Lipinski definition) is 3. The Kier molecular flexibility index (Phi) is 6.40. The zero-order valence-electron chi connectivity index (χ0n) is 13.5. The fourth-order valence-corrected chi connectivity index (χ4v) is 4.65. The van der Waals surface area contributed by atoms with Crippen LogP contribution in [0.2, 0.25) is 0 Å². The molecule has 24 heavy (non-hydrogen) atoms. The molecule has 1 fully saturated rings. The van der Waals surface area contributed by atoms with Crippen molar-refractivity contribution in [2.45, 2.75) is 17.7 Å². The van der Waals surface area contributed by atoms with Gasteiger partial charge in [0.15, 0.2) is 0 Å². The van der Waals surface area contributed by atoms with Gasteiger partial charge < -0.3 is 5.73 Å². The van der Waals surface area contributed by atoms with Crippen LogP contribution in [0, 0.1) is 5.92 Å². The molecule has 1 saturated heterocycles. The molecule has 0 aliphatic carbocycles. The van der Waals surface area contributed by atoms with Crippen molar-refractivity contribution in [3.05, 3.63) is 54.6 Å². The second-order valence-electron chi connectivity index (χ2n) is 6.00. The quantitative estimate of drug-likeness (QED) is 0.904. The molecule has 1 heterocycles. The van der Waals surface area contributed by atoms with Gasteiger partial charge in [0, 0.05) is 13.1 Å². The van der Waals surface area contributed by atoms with Gasteiger partial charge in [0.1, 0.15) is 0 Å². The Balaban J connectivity index is 0.00000208. The molecular weight excluding hydrogens is 344 g/mol. The molecule has 0 saturated carbocycles. The molecule has 1 unspecified atom stereocenters. The smallest absolute Gasteiger partial charge is 0.243 e. The number of rotatable bonds is 4. The lowest BCUT2D eigenvalue weighted by atomic mass is 10.0. The Labute approximate surface area is 150 Å². The summed E-state index contributed by atoms with van der Waals surface area (Å²) in [4.78, 5) is 0.358. The van der Waals surface area contributed by atoms with E-state index in [1.807, 2.05) is 36.4 Å². The topological polar surface area (TPSA) is 63.4 Å². The summed E-state index contributed by atoms with van der Waals surface area (Å²) >= 11 is 0. The maximum atomic E-state index is 12.9. The Morgan fingerprint density at radius 2 is 1.75 bits per heavy atom. The van der Waals surface area contributed by atoms with Crippen molar-refractivity contribution >= 4 is 22.4 Å². The molecule has 0 aromatic heterocycles. The molecule has 1 aliphatic heterocycles. The molecule has 1 atom stereocenters. The summed E-state index contributed by atoms with van der Waals surface area (Å²) in [5.41, 5.74) is 7.66. The number of halogens is 1. The van der Waals surface area contributed by atoms with E-state index >= 15 is 0 Å². The Bertz CT molecular complexity index is 766. The van der Waals surface area contributed by atoms with Crippen molar-refractivity contribution in [2.24, 2.45) is 11.7 Å². The molecular formula is C18H23ClN2O2S. The van der Waals surface area contributed by atoms with Crippen molar-refractivity contribution in [1.29, 1.82) is 0 Å². The van der Waals surface area contributed by atoms with Crippen LogP contribution in [0.15, 0.2) is 59.5 Å². The predicted octanol–water partition coefficient (Wildman–Crippen LogP) is 3.13. The fraction of sp³-hybridized carbons (Fsp3) is 0.333. The van der Waals surface area contributed by atoms with Crippen molar-refractivity contribution < 1.29 is 8.42 Å². The fourth-order valence-electron chi connectivity index (χ4n) is 3.05. The van der Waals surface area contributed by atoms with E-state index in [1.165, 1.54) is 0 Å². The van der Waals surface area contributed by atoms with Gasteiger partial charge in [-0.15, -0.1) is 12.4 Å². The van der Waals surface area contributed by atoms with Crippen LogP contribution in [0.4, 0.5) is 0 Å². The van der Waals surface area contributed by atoms with E-state index in [4.69, 9.17) is 5.73 Å². The molecule has 6 heteroatoms. The second kappa shape index (κ2) is 8.12. The van der Waals surface area contributed by atoms with E-state index < -0.39 is 10.0 Å². The highest BCUT2D eigenvalue weighted by atomic mass is 35.5. The Hall–Kier alpha value is -1.40. The third-order valence-corrected chi connectivity index (χ3v) is 6.26. The van der Waals surface area contributed by atoms with Crippen LogP contribution in [-0.4, -0.2) is 32.4 Å². The highest BCUT2D eigenvalue weighted by Gasteiger charge is 2.29. The molecule has 2 aromatic carbocycles. The molecule has 0 spiro atoms. The first-order valence-electron chi connectivity index (χ1n) is 7.97. The van der Waals surface area contributed by atoms with Crippen molar-refractivity contribution in [2.75, 3.05) is 19.6 Å². The van der Waals surface area contributed by atoms with E-state index in [1.54, 1.807) is 22.5 Å². The van der Waals surface area contributed by atoms with Crippen LogP contribution in [0.5, 0.6) is 0 Å². The van der Waals surface area contributed by atoms with Crippen molar-refractivity contribution in [3.63, 3.8) is 0 Å². The highest BCUT2D eigenvalue weighted by Crippen LogP contribution is 2.27. The Morgan fingerprint density at radius 1 is 1.04 bits per heavy atom. The van der Waals surface area contributed by atoms with Gasteiger partial charge in [-0.25, -0.2) is 8.42 Å². The summed E-state index contributed by atoms with van der Waals surface area (Å²) in [6, 6.07) is 17.0. The number of benzene rings is 2. The second-order valence-corrected chi connectivity index (χ2v) is 7.94. The number of piperidine rings is 1. The monoisotopic (exact) mass is 366 g/mol. The van der Waals surface area contributed by atoms with Gasteiger partial charge in [0.2, 0.25) is 10.0 Å². The summed E-state index contributed by atoms with van der Waals surface area (Å²) in [6.45, 7) is 1.64. The predicted molar refractivity (Wildman–Crippen MR) is 99.7 cm³/mol. The minimum atomic E-state index is -3.46. The average molecular weight is 367 g/mol. The van der Waals surface area contributed by atoms with Gasteiger partial charge in [-0.3, -0.25) is 0 Å². The molecule has 4 nitrogen and oxygen atoms in total. The minimum absolute atomic E-state index is 0. The first kappa shape index (κ1) is 18.9. The summed E-state index contributed by atoms with van der Waals surface area (Å²) < 4.78 is 27.4.